The second kappa shape index (κ2) is 18.3. The second-order valence-electron chi connectivity index (χ2n) is 18.3. The van der Waals surface area contributed by atoms with Gasteiger partial charge >= 0.3 is 12.2 Å². The predicted molar refractivity (Wildman–Crippen MR) is 255 cm³/mol. The first-order valence-electron chi connectivity index (χ1n) is 23.1. The smallest absolute Gasteiger partial charge is 0.407 e. The average molecular weight is 919 g/mol. The molecule has 68 heavy (non-hydrogen) atoms. The number of carbonyl (C=O) groups excluding carboxylic acids is 4. The Labute approximate surface area is 392 Å². The summed E-state index contributed by atoms with van der Waals surface area (Å²) < 4.78 is 21.8. The van der Waals surface area contributed by atoms with Gasteiger partial charge in [0.25, 0.3) is 5.91 Å². The van der Waals surface area contributed by atoms with Gasteiger partial charge < -0.3 is 49.3 Å². The largest absolute Gasteiger partial charge is 0.488 e. The monoisotopic (exact) mass is 918 g/mol. The summed E-state index contributed by atoms with van der Waals surface area (Å²) in [5, 5.41) is 7.44. The number of hydrogen-bond donors (Lipinski definition) is 4. The number of nitrogens with zero attached hydrogens (tertiary/aromatic N) is 4. The normalized spacial score (nSPS) is 18.6. The van der Waals surface area contributed by atoms with Crippen LogP contribution in [-0.4, -0.2) is 101 Å². The van der Waals surface area contributed by atoms with Gasteiger partial charge in [-0.15, -0.1) is 0 Å². The van der Waals surface area contributed by atoms with Crippen LogP contribution in [0, 0.1) is 11.8 Å². The van der Waals surface area contributed by atoms with Crippen LogP contribution in [0.25, 0.3) is 55.1 Å². The van der Waals surface area contributed by atoms with E-state index in [1.165, 1.54) is 14.2 Å². The molecular weight excluding hydrogens is 865 g/mol. The van der Waals surface area contributed by atoms with Gasteiger partial charge in [0.15, 0.2) is 0 Å². The van der Waals surface area contributed by atoms with Crippen LogP contribution in [-0.2, 0) is 30.4 Å². The minimum atomic E-state index is -0.954. The summed E-state index contributed by atoms with van der Waals surface area (Å²) >= 11 is 0. The van der Waals surface area contributed by atoms with Gasteiger partial charge in [-0.1, -0.05) is 68.4 Å². The number of benzene rings is 5. The molecule has 7 aromatic rings. The van der Waals surface area contributed by atoms with Crippen LogP contribution in [0.2, 0.25) is 0 Å². The molecule has 5 aromatic carbocycles. The van der Waals surface area contributed by atoms with Crippen LogP contribution in [0.5, 0.6) is 5.75 Å². The number of fused-ring (bicyclic) bond motifs is 7. The molecule has 0 saturated carbocycles. The number of ether oxygens (including phenoxy) is 4. The number of likely N-dealkylation sites (tertiary alicyclic amines) is 2. The number of alkyl carbamates (subject to hydrolysis) is 2. The molecule has 0 spiro atoms. The van der Waals surface area contributed by atoms with Crippen molar-refractivity contribution in [2.45, 2.75) is 63.9 Å². The lowest BCUT2D eigenvalue weighted by Crippen LogP contribution is -2.51. The number of imidazole rings is 2. The van der Waals surface area contributed by atoms with Gasteiger partial charge in [0.2, 0.25) is 5.91 Å². The van der Waals surface area contributed by atoms with Crippen LogP contribution in [0.4, 0.5) is 9.59 Å². The third-order valence-corrected chi connectivity index (χ3v) is 13.7. The summed E-state index contributed by atoms with van der Waals surface area (Å²) in [6, 6.07) is 27.8. The van der Waals surface area contributed by atoms with Crippen molar-refractivity contribution in [2.75, 3.05) is 41.0 Å². The van der Waals surface area contributed by atoms with E-state index in [4.69, 9.17) is 28.9 Å². The second-order valence-corrected chi connectivity index (χ2v) is 18.3. The topological polar surface area (TPSA) is 193 Å². The third kappa shape index (κ3) is 8.22. The molecule has 16 heteroatoms. The molecule has 4 amide bonds. The van der Waals surface area contributed by atoms with Crippen LogP contribution < -0.4 is 15.4 Å². The van der Waals surface area contributed by atoms with Crippen molar-refractivity contribution in [2.24, 2.45) is 11.8 Å². The van der Waals surface area contributed by atoms with E-state index in [2.05, 4.69) is 69.1 Å². The van der Waals surface area contributed by atoms with Gasteiger partial charge in [-0.2, -0.15) is 0 Å². The van der Waals surface area contributed by atoms with Gasteiger partial charge in [-0.3, -0.25) is 9.59 Å². The molecule has 0 radical (unpaired) electrons. The number of methoxy groups -OCH3 is 3. The quantitative estimate of drug-likeness (QED) is 0.0978. The molecule has 3 aliphatic rings. The minimum absolute atomic E-state index is 0.0603. The van der Waals surface area contributed by atoms with Crippen molar-refractivity contribution in [3.8, 4) is 28.0 Å². The van der Waals surface area contributed by atoms with Crippen LogP contribution in [0.15, 0.2) is 91.0 Å². The Hall–Kier alpha value is -7.46. The molecular formula is C52H54N8O8. The number of hydrogen-bond acceptors (Lipinski definition) is 10. The van der Waals surface area contributed by atoms with Gasteiger partial charge in [0.05, 0.1) is 55.0 Å². The number of carbonyl (C=O) groups is 4. The summed E-state index contributed by atoms with van der Waals surface area (Å²) in [6.45, 7) is 5.68. The SMILES string of the molecule is COC[C@H]1CC(c2nc3ccc4cc5c(cc4c3[nH]2)OCc2cc(-c3ccc4nc([C@@H]6CCCN6C(=O)[C@@H](NC(=O)OC)C(C)C)[nH]c4c3)ccc2-5)N(C(=O)[C@H](NC(=O)OC)c2ccccc2)C1. The van der Waals surface area contributed by atoms with E-state index in [-0.39, 0.29) is 29.7 Å². The molecule has 2 fully saturated rings. The van der Waals surface area contributed by atoms with Crippen LogP contribution in [0.3, 0.4) is 0 Å². The molecule has 350 valence electrons. The van der Waals surface area contributed by atoms with Crippen molar-refractivity contribution in [1.29, 1.82) is 0 Å². The first kappa shape index (κ1) is 44.4. The highest BCUT2D eigenvalue weighted by molar-refractivity contribution is 6.07. The highest BCUT2D eigenvalue weighted by Gasteiger charge is 2.42. The highest BCUT2D eigenvalue weighted by atomic mass is 16.5. The maximum absolute atomic E-state index is 14.4. The lowest BCUT2D eigenvalue weighted by molar-refractivity contribution is -0.136. The Balaban J connectivity index is 0.912. The van der Waals surface area contributed by atoms with E-state index < -0.39 is 30.3 Å². The van der Waals surface area contributed by atoms with Gasteiger partial charge in [-0.05, 0) is 94.8 Å². The summed E-state index contributed by atoms with van der Waals surface area (Å²) in [7, 11) is 4.23. The average Bonchev–Trinajstić information content (AvgIpc) is 4.19. The number of aromatic amines is 2. The van der Waals surface area contributed by atoms with E-state index in [1.807, 2.05) is 61.2 Å². The minimum Gasteiger partial charge on any atom is -0.488 e. The highest BCUT2D eigenvalue weighted by Crippen LogP contribution is 2.44. The van der Waals surface area contributed by atoms with E-state index in [0.29, 0.717) is 44.1 Å². The number of amides is 4. The van der Waals surface area contributed by atoms with Gasteiger partial charge in [0.1, 0.15) is 36.1 Å². The molecule has 0 aliphatic carbocycles. The van der Waals surface area contributed by atoms with Gasteiger partial charge in [0, 0.05) is 37.1 Å². The van der Waals surface area contributed by atoms with E-state index in [1.54, 1.807) is 12.0 Å². The first-order chi connectivity index (χ1) is 33.0. The van der Waals surface area contributed by atoms with Crippen molar-refractivity contribution in [3.63, 3.8) is 0 Å². The molecule has 3 aliphatic heterocycles. The lowest BCUT2D eigenvalue weighted by atomic mass is 9.91. The molecule has 2 saturated heterocycles. The zero-order chi connectivity index (χ0) is 47.2. The Kier molecular flexibility index (Phi) is 12.0. The summed E-state index contributed by atoms with van der Waals surface area (Å²) in [5.41, 5.74) is 9.16. The molecule has 4 N–H and O–H groups in total. The Morgan fingerprint density at radius 3 is 2.29 bits per heavy atom. The standard InChI is InChI=1S/C52H54N8O8/c1-28(2)44(57-51(63)66-4)49(61)59-19-9-12-41(59)47-53-38-17-14-32(23-40(38)55-47)31-13-16-35-34(21-31)27-68-43-24-36-33(22-37(35)43)15-18-39-46(36)56-48(54-39)42-20-29(26-65-3)25-60(42)50(62)45(58-52(64)67-5)30-10-7-6-8-11-30/h6-8,10-11,13-18,21-24,28-29,41-42,44-45H,9,12,19-20,25-27H2,1-5H3,(H,53,55)(H,54,56)(H,57,63)(H,58,64)/t29-,41-,42?,44-,45+/m0/s1. The van der Waals surface area contributed by atoms with Gasteiger partial charge in [-0.25, -0.2) is 19.6 Å². The van der Waals surface area contributed by atoms with Crippen LogP contribution in [0.1, 0.15) is 74.0 Å². The molecule has 16 nitrogen and oxygen atoms in total. The number of aromatic nitrogens is 4. The molecule has 5 heterocycles. The fourth-order valence-electron chi connectivity index (χ4n) is 10.3. The molecule has 5 atom stereocenters. The van der Waals surface area contributed by atoms with E-state index in [9.17, 15) is 19.2 Å². The predicted octanol–water partition coefficient (Wildman–Crippen LogP) is 8.50. The zero-order valence-electron chi connectivity index (χ0n) is 38.6. The summed E-state index contributed by atoms with van der Waals surface area (Å²) in [4.78, 5) is 73.5. The summed E-state index contributed by atoms with van der Waals surface area (Å²) in [5.74, 6) is 1.68. The maximum atomic E-state index is 14.4. The lowest BCUT2D eigenvalue weighted by Gasteiger charge is -2.29. The fraction of sp³-hybridized carbons (Fsp3) is 0.346. The summed E-state index contributed by atoms with van der Waals surface area (Å²) in [6.07, 6.45) is 0.906. The number of rotatable bonds is 11. The zero-order valence-corrected chi connectivity index (χ0v) is 38.6. The van der Waals surface area contributed by atoms with E-state index in [0.717, 1.165) is 85.1 Å². The number of H-pyrrole nitrogens is 2. The maximum Gasteiger partial charge on any atom is 0.407 e. The molecule has 1 unspecified atom stereocenters. The van der Waals surface area contributed by atoms with Crippen molar-refractivity contribution >= 4 is 56.8 Å². The molecule has 0 bridgehead atoms. The van der Waals surface area contributed by atoms with Crippen LogP contribution >= 0.6 is 0 Å². The Morgan fingerprint density at radius 1 is 0.779 bits per heavy atom. The Morgan fingerprint density at radius 2 is 1.51 bits per heavy atom. The first-order valence-corrected chi connectivity index (χ1v) is 23.1. The third-order valence-electron chi connectivity index (χ3n) is 13.7. The van der Waals surface area contributed by atoms with Crippen molar-refractivity contribution in [1.82, 2.24) is 40.4 Å². The Bertz CT molecular complexity index is 3080. The van der Waals surface area contributed by atoms with E-state index >= 15 is 0 Å². The van der Waals surface area contributed by atoms with Crippen molar-refractivity contribution < 1.29 is 38.1 Å². The fourth-order valence-corrected chi connectivity index (χ4v) is 10.3. The van der Waals surface area contributed by atoms with Crippen molar-refractivity contribution in [3.05, 3.63) is 114 Å². The number of nitrogens with one attached hydrogen (secondary N) is 4. The molecule has 2 aromatic heterocycles. The molecule has 10 rings (SSSR count).